The van der Waals surface area contributed by atoms with Crippen molar-refractivity contribution in [2.45, 2.75) is 19.6 Å². The van der Waals surface area contributed by atoms with E-state index < -0.39 is 5.97 Å². The van der Waals surface area contributed by atoms with Crippen molar-refractivity contribution in [2.24, 2.45) is 0 Å². The predicted octanol–water partition coefficient (Wildman–Crippen LogP) is 2.85. The fraction of sp³-hybridized carbons (Fsp3) is 0.364. The van der Waals surface area contributed by atoms with Crippen LogP contribution in [-0.4, -0.2) is 16.8 Å². The van der Waals surface area contributed by atoms with Crippen molar-refractivity contribution >= 4 is 17.7 Å². The molecule has 1 N–H and O–H groups in total. The average Bonchev–Trinajstić information content (AvgIpc) is 2.58. The summed E-state index contributed by atoms with van der Waals surface area (Å²) in [5.74, 6) is 1.58. The monoisotopic (exact) mass is 226 g/mol. The summed E-state index contributed by atoms with van der Waals surface area (Å²) in [7, 11) is 0. The van der Waals surface area contributed by atoms with E-state index in [0.717, 1.165) is 17.1 Å². The lowest BCUT2D eigenvalue weighted by Gasteiger charge is -1.97. The van der Waals surface area contributed by atoms with Crippen LogP contribution in [0.4, 0.5) is 0 Å². The first-order valence-corrected chi connectivity index (χ1v) is 5.77. The first-order chi connectivity index (χ1) is 7.11. The maximum absolute atomic E-state index is 10.5. The number of aryl methyl sites for hydroxylation is 1. The first kappa shape index (κ1) is 11.9. The molecule has 0 bridgehead atoms. The Morgan fingerprint density at radius 3 is 2.93 bits per heavy atom. The van der Waals surface area contributed by atoms with Gasteiger partial charge in [-0.25, -0.2) is 4.79 Å². The summed E-state index contributed by atoms with van der Waals surface area (Å²) in [6.07, 6.45) is 3.38. The fourth-order valence-electron chi connectivity index (χ4n) is 0.975. The average molecular weight is 226 g/mol. The molecule has 0 radical (unpaired) electrons. The van der Waals surface area contributed by atoms with E-state index in [-0.39, 0.29) is 0 Å². The van der Waals surface area contributed by atoms with Gasteiger partial charge in [0.2, 0.25) is 0 Å². The summed E-state index contributed by atoms with van der Waals surface area (Å²) in [4.78, 5) is 10.5. The third-order valence-electron chi connectivity index (χ3n) is 2.05. The number of hydrogen-bond acceptors (Lipinski definition) is 3. The number of carboxylic acid groups (broad SMARTS) is 1. The number of carboxylic acids is 1. The second kappa shape index (κ2) is 5.66. The molecular formula is C11H14O3S. The molecule has 0 fully saturated rings. The minimum atomic E-state index is -0.857. The smallest absolute Gasteiger partial charge is 0.330 e. The highest BCUT2D eigenvalue weighted by Gasteiger charge is 2.02. The Morgan fingerprint density at radius 1 is 1.67 bits per heavy atom. The minimum absolute atomic E-state index is 0.388. The topological polar surface area (TPSA) is 50.4 Å². The molecule has 0 aromatic carbocycles. The summed E-state index contributed by atoms with van der Waals surface area (Å²) >= 11 is 1.64. The van der Waals surface area contributed by atoms with Gasteiger partial charge in [0.25, 0.3) is 0 Å². The van der Waals surface area contributed by atoms with Crippen molar-refractivity contribution in [2.75, 3.05) is 5.75 Å². The third kappa shape index (κ3) is 3.83. The molecule has 0 atom stereocenters. The fourth-order valence-corrected chi connectivity index (χ4v) is 1.94. The van der Waals surface area contributed by atoms with Crippen LogP contribution in [0.1, 0.15) is 18.2 Å². The summed E-state index contributed by atoms with van der Waals surface area (Å²) < 4.78 is 5.26. The molecule has 1 heterocycles. The summed E-state index contributed by atoms with van der Waals surface area (Å²) in [5, 5.41) is 8.61. The van der Waals surface area contributed by atoms with E-state index in [1.807, 2.05) is 13.0 Å². The van der Waals surface area contributed by atoms with Crippen molar-refractivity contribution in [1.82, 2.24) is 0 Å². The summed E-state index contributed by atoms with van der Waals surface area (Å²) in [6.45, 7) is 3.60. The van der Waals surface area contributed by atoms with Gasteiger partial charge in [0, 0.05) is 11.3 Å². The molecule has 0 saturated heterocycles. The molecular weight excluding hydrogens is 212 g/mol. The number of carbonyl (C=O) groups is 1. The summed E-state index contributed by atoms with van der Waals surface area (Å²) in [5.41, 5.74) is 1.53. The van der Waals surface area contributed by atoms with Crippen LogP contribution in [0.15, 0.2) is 28.4 Å². The molecule has 4 heteroatoms. The SMILES string of the molecule is C/C(=C\CSCc1occc1C)C(=O)O. The minimum Gasteiger partial charge on any atom is -0.478 e. The van der Waals surface area contributed by atoms with Gasteiger partial charge in [-0.05, 0) is 25.5 Å². The molecule has 0 aliphatic heterocycles. The van der Waals surface area contributed by atoms with Crippen molar-refractivity contribution in [3.8, 4) is 0 Å². The van der Waals surface area contributed by atoms with Crippen LogP contribution in [0.5, 0.6) is 0 Å². The van der Waals surface area contributed by atoms with Crippen LogP contribution >= 0.6 is 11.8 Å². The van der Waals surface area contributed by atoms with Gasteiger partial charge in [-0.3, -0.25) is 0 Å². The van der Waals surface area contributed by atoms with Crippen molar-refractivity contribution < 1.29 is 14.3 Å². The number of thioether (sulfide) groups is 1. The highest BCUT2D eigenvalue weighted by Crippen LogP contribution is 2.17. The van der Waals surface area contributed by atoms with Crippen LogP contribution < -0.4 is 0 Å². The highest BCUT2D eigenvalue weighted by molar-refractivity contribution is 7.98. The van der Waals surface area contributed by atoms with Crippen LogP contribution in [0.25, 0.3) is 0 Å². The normalized spacial score (nSPS) is 11.7. The lowest BCUT2D eigenvalue weighted by molar-refractivity contribution is -0.132. The molecule has 15 heavy (non-hydrogen) atoms. The van der Waals surface area contributed by atoms with E-state index in [0.29, 0.717) is 11.3 Å². The van der Waals surface area contributed by atoms with Crippen molar-refractivity contribution in [1.29, 1.82) is 0 Å². The first-order valence-electron chi connectivity index (χ1n) is 4.62. The second-order valence-electron chi connectivity index (χ2n) is 3.23. The van der Waals surface area contributed by atoms with E-state index in [1.54, 1.807) is 31.0 Å². The van der Waals surface area contributed by atoms with E-state index in [9.17, 15) is 4.79 Å². The summed E-state index contributed by atoms with van der Waals surface area (Å²) in [6, 6.07) is 1.92. The molecule has 0 aliphatic rings. The van der Waals surface area contributed by atoms with Gasteiger partial charge in [-0.15, -0.1) is 11.8 Å². The van der Waals surface area contributed by atoms with Crippen LogP contribution in [-0.2, 0) is 10.5 Å². The highest BCUT2D eigenvalue weighted by atomic mass is 32.2. The van der Waals surface area contributed by atoms with Crippen LogP contribution in [0.3, 0.4) is 0 Å². The van der Waals surface area contributed by atoms with Gasteiger partial charge in [0.05, 0.1) is 12.0 Å². The lowest BCUT2D eigenvalue weighted by Crippen LogP contribution is -1.96. The molecule has 0 saturated carbocycles. The zero-order chi connectivity index (χ0) is 11.3. The van der Waals surface area contributed by atoms with Gasteiger partial charge < -0.3 is 9.52 Å². The Hall–Kier alpha value is -1.16. The van der Waals surface area contributed by atoms with Gasteiger partial charge in [-0.2, -0.15) is 0 Å². The van der Waals surface area contributed by atoms with Gasteiger partial charge in [0.15, 0.2) is 0 Å². The number of furan rings is 1. The van der Waals surface area contributed by atoms with E-state index >= 15 is 0 Å². The number of rotatable bonds is 5. The molecule has 0 spiro atoms. The van der Waals surface area contributed by atoms with Gasteiger partial charge >= 0.3 is 5.97 Å². The standard InChI is InChI=1S/C11H14O3S/c1-8-3-5-14-10(8)7-15-6-4-9(2)11(12)13/h3-5H,6-7H2,1-2H3,(H,12,13)/b9-4+. The van der Waals surface area contributed by atoms with Gasteiger partial charge in [0.1, 0.15) is 5.76 Å². The molecule has 1 aromatic heterocycles. The van der Waals surface area contributed by atoms with Crippen LogP contribution in [0, 0.1) is 6.92 Å². The molecule has 82 valence electrons. The van der Waals surface area contributed by atoms with E-state index in [2.05, 4.69) is 0 Å². The van der Waals surface area contributed by atoms with Crippen LogP contribution in [0.2, 0.25) is 0 Å². The molecule has 0 aliphatic carbocycles. The molecule has 3 nitrogen and oxygen atoms in total. The third-order valence-corrected chi connectivity index (χ3v) is 2.91. The Bertz CT molecular complexity index is 366. The second-order valence-corrected chi connectivity index (χ2v) is 4.26. The van der Waals surface area contributed by atoms with Gasteiger partial charge in [-0.1, -0.05) is 6.08 Å². The molecule has 0 amide bonds. The zero-order valence-corrected chi connectivity index (χ0v) is 9.63. The molecule has 0 unspecified atom stereocenters. The Labute approximate surface area is 93.2 Å². The predicted molar refractivity (Wildman–Crippen MR) is 61.0 cm³/mol. The number of aliphatic carboxylic acids is 1. The zero-order valence-electron chi connectivity index (χ0n) is 8.82. The van der Waals surface area contributed by atoms with Crippen molar-refractivity contribution in [3.63, 3.8) is 0 Å². The lowest BCUT2D eigenvalue weighted by atomic mass is 10.3. The number of hydrogen-bond donors (Lipinski definition) is 1. The Morgan fingerprint density at radius 2 is 2.40 bits per heavy atom. The van der Waals surface area contributed by atoms with Crippen molar-refractivity contribution in [3.05, 3.63) is 35.3 Å². The quantitative estimate of drug-likeness (QED) is 0.619. The largest absolute Gasteiger partial charge is 0.478 e. The Balaban J connectivity index is 2.32. The molecule has 1 rings (SSSR count). The van der Waals surface area contributed by atoms with E-state index in [1.165, 1.54) is 0 Å². The Kier molecular flexibility index (Phi) is 4.49. The maximum atomic E-state index is 10.5. The molecule has 1 aromatic rings. The maximum Gasteiger partial charge on any atom is 0.330 e. The van der Waals surface area contributed by atoms with E-state index in [4.69, 9.17) is 9.52 Å².